The molecule has 0 aliphatic rings. The average Bonchev–Trinajstić information content (AvgIpc) is 2.52. The number of hydrogen-bond donors (Lipinski definition) is 2. The Bertz CT molecular complexity index is 817. The van der Waals surface area contributed by atoms with Crippen LogP contribution in [-0.4, -0.2) is 29.7 Å². The third-order valence-corrected chi connectivity index (χ3v) is 3.71. The van der Waals surface area contributed by atoms with Crippen LogP contribution in [0.2, 0.25) is 5.02 Å². The zero-order valence-electron chi connectivity index (χ0n) is 14.8. The fraction of sp³-hybridized carbons (Fsp3) is 0.211. The van der Waals surface area contributed by atoms with E-state index in [0.717, 1.165) is 5.56 Å². The second kappa shape index (κ2) is 8.49. The van der Waals surface area contributed by atoms with Gasteiger partial charge in [-0.2, -0.15) is 0 Å². The molecule has 0 aliphatic heterocycles. The van der Waals surface area contributed by atoms with Gasteiger partial charge in [-0.25, -0.2) is 0 Å². The Hall–Kier alpha value is -2.86. The summed E-state index contributed by atoms with van der Waals surface area (Å²) in [6, 6.07) is 12.0. The second-order valence-corrected chi connectivity index (χ2v) is 6.39. The van der Waals surface area contributed by atoms with Gasteiger partial charge in [0.05, 0.1) is 0 Å². The van der Waals surface area contributed by atoms with Crippen LogP contribution in [-0.2, 0) is 16.1 Å². The molecule has 0 saturated heterocycles. The van der Waals surface area contributed by atoms with Crippen molar-refractivity contribution in [3.8, 4) is 0 Å². The Balaban J connectivity index is 2.27. The Morgan fingerprint density at radius 1 is 0.962 bits per heavy atom. The number of amides is 3. The summed E-state index contributed by atoms with van der Waals surface area (Å²) in [4.78, 5) is 37.0. The van der Waals surface area contributed by atoms with Gasteiger partial charge in [0.15, 0.2) is 0 Å². The Kier molecular flexibility index (Phi) is 6.36. The Morgan fingerprint density at radius 2 is 1.54 bits per heavy atom. The molecule has 26 heavy (non-hydrogen) atoms. The lowest BCUT2D eigenvalue weighted by Gasteiger charge is -2.19. The van der Waals surface area contributed by atoms with Gasteiger partial charge in [0.2, 0.25) is 11.8 Å². The Morgan fingerprint density at radius 3 is 2.04 bits per heavy atom. The van der Waals surface area contributed by atoms with E-state index in [1.807, 2.05) is 12.1 Å². The molecule has 0 spiro atoms. The van der Waals surface area contributed by atoms with E-state index in [2.05, 4.69) is 10.6 Å². The molecule has 0 atom stereocenters. The first-order chi connectivity index (χ1) is 12.2. The molecule has 0 bridgehead atoms. The summed E-state index contributed by atoms with van der Waals surface area (Å²) in [6.07, 6.45) is 0. The molecule has 0 saturated carbocycles. The highest BCUT2D eigenvalue weighted by atomic mass is 35.5. The molecule has 0 aliphatic carbocycles. The van der Waals surface area contributed by atoms with Crippen molar-refractivity contribution in [1.82, 2.24) is 4.90 Å². The highest BCUT2D eigenvalue weighted by molar-refractivity contribution is 6.30. The second-order valence-electron chi connectivity index (χ2n) is 5.95. The largest absolute Gasteiger partial charge is 0.337 e. The zero-order chi connectivity index (χ0) is 19.3. The SMILES string of the molecule is CC(=O)Nc1cc(NC(C)=O)cc(C(=O)N(C)Cc2cccc(Cl)c2)c1. The summed E-state index contributed by atoms with van der Waals surface area (Å²) in [6.45, 7) is 3.12. The van der Waals surface area contributed by atoms with E-state index >= 15 is 0 Å². The number of carbonyl (C=O) groups is 3. The molecule has 2 aromatic rings. The van der Waals surface area contributed by atoms with E-state index in [1.54, 1.807) is 37.4 Å². The highest BCUT2D eigenvalue weighted by Crippen LogP contribution is 2.21. The van der Waals surface area contributed by atoms with Crippen LogP contribution in [0.15, 0.2) is 42.5 Å². The van der Waals surface area contributed by atoms with Gasteiger partial charge in [-0.05, 0) is 35.9 Å². The first kappa shape index (κ1) is 19.5. The van der Waals surface area contributed by atoms with Gasteiger partial charge in [-0.1, -0.05) is 23.7 Å². The molecule has 6 nitrogen and oxygen atoms in total. The molecule has 2 N–H and O–H groups in total. The van der Waals surface area contributed by atoms with Crippen LogP contribution in [0.25, 0.3) is 0 Å². The molecular formula is C19H20ClN3O3. The minimum atomic E-state index is -0.268. The molecule has 0 fully saturated rings. The summed E-state index contributed by atoms with van der Waals surface area (Å²) < 4.78 is 0. The van der Waals surface area contributed by atoms with Crippen molar-refractivity contribution >= 4 is 40.7 Å². The fourth-order valence-corrected chi connectivity index (χ4v) is 2.72. The molecule has 2 aromatic carbocycles. The third-order valence-electron chi connectivity index (χ3n) is 3.48. The van der Waals surface area contributed by atoms with Crippen molar-refractivity contribution in [3.63, 3.8) is 0 Å². The standard InChI is InChI=1S/C19H20ClN3O3/c1-12(24)21-17-8-15(9-18(10-17)22-13(2)25)19(26)23(3)11-14-5-4-6-16(20)7-14/h4-10H,11H2,1-3H3,(H,21,24)(H,22,25). The first-order valence-corrected chi connectivity index (χ1v) is 8.32. The summed E-state index contributed by atoms with van der Waals surface area (Å²) in [5, 5.41) is 5.86. The van der Waals surface area contributed by atoms with Gasteiger partial charge >= 0.3 is 0 Å². The van der Waals surface area contributed by atoms with Crippen molar-refractivity contribution in [2.45, 2.75) is 20.4 Å². The summed E-state index contributed by atoms with van der Waals surface area (Å²) in [5.41, 5.74) is 2.12. The lowest BCUT2D eigenvalue weighted by atomic mass is 10.1. The van der Waals surface area contributed by atoms with E-state index < -0.39 is 0 Å². The van der Waals surface area contributed by atoms with Crippen molar-refractivity contribution in [3.05, 3.63) is 58.6 Å². The van der Waals surface area contributed by atoms with Crippen LogP contribution in [0.1, 0.15) is 29.8 Å². The smallest absolute Gasteiger partial charge is 0.254 e. The fourth-order valence-electron chi connectivity index (χ4n) is 2.50. The highest BCUT2D eigenvalue weighted by Gasteiger charge is 2.15. The van der Waals surface area contributed by atoms with E-state index in [4.69, 9.17) is 11.6 Å². The summed E-state index contributed by atoms with van der Waals surface area (Å²) in [5.74, 6) is -0.782. The van der Waals surface area contributed by atoms with E-state index in [0.29, 0.717) is 28.5 Å². The van der Waals surface area contributed by atoms with Crippen molar-refractivity contribution in [2.24, 2.45) is 0 Å². The lowest BCUT2D eigenvalue weighted by Crippen LogP contribution is -2.26. The van der Waals surface area contributed by atoms with Crippen LogP contribution in [0.4, 0.5) is 11.4 Å². The first-order valence-electron chi connectivity index (χ1n) is 7.95. The maximum absolute atomic E-state index is 12.8. The predicted molar refractivity (Wildman–Crippen MR) is 102 cm³/mol. The number of nitrogens with zero attached hydrogens (tertiary/aromatic N) is 1. The number of halogens is 1. The monoisotopic (exact) mass is 373 g/mol. The van der Waals surface area contributed by atoms with Crippen LogP contribution in [0, 0.1) is 0 Å². The maximum atomic E-state index is 12.8. The quantitative estimate of drug-likeness (QED) is 0.841. The number of rotatable bonds is 5. The van der Waals surface area contributed by atoms with Crippen LogP contribution in [0.5, 0.6) is 0 Å². The Labute approximate surface area is 157 Å². The van der Waals surface area contributed by atoms with Crippen molar-refractivity contribution in [2.75, 3.05) is 17.7 Å². The zero-order valence-corrected chi connectivity index (χ0v) is 15.6. The molecule has 0 radical (unpaired) electrons. The minimum absolute atomic E-state index is 0.247. The maximum Gasteiger partial charge on any atom is 0.254 e. The summed E-state index contributed by atoms with van der Waals surface area (Å²) in [7, 11) is 1.67. The van der Waals surface area contributed by atoms with Gasteiger partial charge in [-0.3, -0.25) is 14.4 Å². The third kappa shape index (κ3) is 5.60. The number of anilines is 2. The molecule has 0 aromatic heterocycles. The van der Waals surface area contributed by atoms with Gasteiger partial charge in [0.25, 0.3) is 5.91 Å². The topological polar surface area (TPSA) is 78.5 Å². The average molecular weight is 374 g/mol. The van der Waals surface area contributed by atoms with E-state index in [9.17, 15) is 14.4 Å². The van der Waals surface area contributed by atoms with Crippen LogP contribution < -0.4 is 10.6 Å². The summed E-state index contributed by atoms with van der Waals surface area (Å²) >= 11 is 5.98. The number of carbonyl (C=O) groups excluding carboxylic acids is 3. The predicted octanol–water partition coefficient (Wildman–Crippen LogP) is 3.53. The molecule has 0 heterocycles. The van der Waals surface area contributed by atoms with Gasteiger partial charge in [0, 0.05) is 49.4 Å². The van der Waals surface area contributed by atoms with E-state index in [-0.39, 0.29) is 17.7 Å². The normalized spacial score (nSPS) is 10.2. The molecule has 136 valence electrons. The van der Waals surface area contributed by atoms with Gasteiger partial charge in [-0.15, -0.1) is 0 Å². The molecule has 0 unspecified atom stereocenters. The van der Waals surface area contributed by atoms with Gasteiger partial charge < -0.3 is 15.5 Å². The molecular weight excluding hydrogens is 354 g/mol. The van der Waals surface area contributed by atoms with Gasteiger partial charge in [0.1, 0.15) is 0 Å². The van der Waals surface area contributed by atoms with Crippen LogP contribution in [0.3, 0.4) is 0 Å². The molecule has 3 amide bonds. The molecule has 7 heteroatoms. The van der Waals surface area contributed by atoms with Crippen molar-refractivity contribution < 1.29 is 14.4 Å². The number of hydrogen-bond acceptors (Lipinski definition) is 3. The number of benzene rings is 2. The minimum Gasteiger partial charge on any atom is -0.337 e. The molecule has 2 rings (SSSR count). The van der Waals surface area contributed by atoms with Crippen LogP contribution >= 0.6 is 11.6 Å². The van der Waals surface area contributed by atoms with E-state index in [1.165, 1.54) is 18.7 Å². The lowest BCUT2D eigenvalue weighted by molar-refractivity contribution is -0.115. The van der Waals surface area contributed by atoms with Crippen molar-refractivity contribution in [1.29, 1.82) is 0 Å². The number of nitrogens with one attached hydrogen (secondary N) is 2.